The second-order valence-electron chi connectivity index (χ2n) is 6.29. The first-order valence-corrected chi connectivity index (χ1v) is 6.41. The highest BCUT2D eigenvalue weighted by molar-refractivity contribution is 4.85. The van der Waals surface area contributed by atoms with Crippen LogP contribution in [0.3, 0.4) is 0 Å². The highest BCUT2D eigenvalue weighted by Gasteiger charge is 2.34. The Labute approximate surface area is 93.8 Å². The Hall–Kier alpha value is -0.0800. The molecule has 2 unspecified atom stereocenters. The van der Waals surface area contributed by atoms with E-state index >= 15 is 0 Å². The van der Waals surface area contributed by atoms with Crippen LogP contribution in [-0.2, 0) is 4.74 Å². The van der Waals surface area contributed by atoms with Crippen LogP contribution in [0.4, 0.5) is 0 Å². The smallest absolute Gasteiger partial charge is 0.0715 e. The van der Waals surface area contributed by atoms with Crippen LogP contribution in [0, 0.1) is 11.3 Å². The maximum absolute atomic E-state index is 6.20. The molecule has 3 atom stereocenters. The van der Waals surface area contributed by atoms with Crippen LogP contribution in [0.25, 0.3) is 0 Å². The van der Waals surface area contributed by atoms with Crippen molar-refractivity contribution < 1.29 is 4.74 Å². The molecule has 15 heavy (non-hydrogen) atoms. The van der Waals surface area contributed by atoms with Crippen molar-refractivity contribution in [1.82, 2.24) is 5.32 Å². The van der Waals surface area contributed by atoms with Crippen molar-refractivity contribution in [2.45, 2.75) is 58.7 Å². The molecule has 2 heteroatoms. The van der Waals surface area contributed by atoms with Gasteiger partial charge in [-0.25, -0.2) is 0 Å². The van der Waals surface area contributed by atoms with Gasteiger partial charge in [-0.3, -0.25) is 0 Å². The summed E-state index contributed by atoms with van der Waals surface area (Å²) in [6.07, 6.45) is 6.05. The first kappa shape index (κ1) is 11.4. The molecule has 88 valence electrons. The summed E-state index contributed by atoms with van der Waals surface area (Å²) in [5.74, 6) is 0.827. The van der Waals surface area contributed by atoms with Gasteiger partial charge in [0, 0.05) is 6.54 Å². The van der Waals surface area contributed by atoms with Gasteiger partial charge in [-0.1, -0.05) is 20.8 Å². The molecular formula is C13H25NO. The average molecular weight is 211 g/mol. The number of hydrogen-bond acceptors (Lipinski definition) is 2. The van der Waals surface area contributed by atoms with Gasteiger partial charge < -0.3 is 10.1 Å². The van der Waals surface area contributed by atoms with Gasteiger partial charge in [0.25, 0.3) is 0 Å². The van der Waals surface area contributed by atoms with Gasteiger partial charge in [0.05, 0.1) is 12.2 Å². The third-order valence-electron chi connectivity index (χ3n) is 3.75. The summed E-state index contributed by atoms with van der Waals surface area (Å²) in [6, 6.07) is 0. The monoisotopic (exact) mass is 211 g/mol. The minimum absolute atomic E-state index is 0.481. The van der Waals surface area contributed by atoms with Crippen LogP contribution in [0.2, 0.25) is 0 Å². The number of hydrogen-bond donors (Lipinski definition) is 1. The molecule has 1 heterocycles. The molecule has 1 N–H and O–H groups in total. The fourth-order valence-electron chi connectivity index (χ4n) is 3.38. The van der Waals surface area contributed by atoms with Crippen LogP contribution in [0.1, 0.15) is 46.5 Å². The molecule has 2 fully saturated rings. The van der Waals surface area contributed by atoms with E-state index in [1.807, 2.05) is 0 Å². The Morgan fingerprint density at radius 3 is 2.60 bits per heavy atom. The van der Waals surface area contributed by atoms with Crippen molar-refractivity contribution >= 4 is 0 Å². The number of rotatable bonds is 2. The molecule has 0 radical (unpaired) electrons. The summed E-state index contributed by atoms with van der Waals surface area (Å²) in [6.45, 7) is 9.32. The van der Waals surface area contributed by atoms with Gasteiger partial charge >= 0.3 is 0 Å². The van der Waals surface area contributed by atoms with Crippen molar-refractivity contribution in [3.63, 3.8) is 0 Å². The Morgan fingerprint density at radius 1 is 1.20 bits per heavy atom. The fourth-order valence-corrected chi connectivity index (χ4v) is 3.38. The van der Waals surface area contributed by atoms with Gasteiger partial charge in [0.1, 0.15) is 0 Å². The third kappa shape index (κ3) is 3.18. The lowest BCUT2D eigenvalue weighted by molar-refractivity contribution is -0.0577. The lowest BCUT2D eigenvalue weighted by Gasteiger charge is -2.39. The Morgan fingerprint density at radius 2 is 2.00 bits per heavy atom. The van der Waals surface area contributed by atoms with E-state index < -0.39 is 0 Å². The first-order chi connectivity index (χ1) is 7.05. The summed E-state index contributed by atoms with van der Waals surface area (Å²) in [4.78, 5) is 0. The van der Waals surface area contributed by atoms with Gasteiger partial charge in [0.15, 0.2) is 0 Å². The SMILES string of the molecule is CC1CC(O[C@@H]2CCNC2)CC(C)(C)C1. The molecule has 0 spiro atoms. The normalized spacial score (nSPS) is 40.6. The van der Waals surface area contributed by atoms with Crippen LogP contribution in [-0.4, -0.2) is 25.3 Å². The molecule has 0 amide bonds. The third-order valence-corrected chi connectivity index (χ3v) is 3.75. The second kappa shape index (κ2) is 4.42. The summed E-state index contributed by atoms with van der Waals surface area (Å²) in [7, 11) is 0. The molecule has 1 aliphatic carbocycles. The van der Waals surface area contributed by atoms with Crippen LogP contribution in [0.15, 0.2) is 0 Å². The van der Waals surface area contributed by atoms with E-state index in [2.05, 4.69) is 26.1 Å². The minimum atomic E-state index is 0.481. The van der Waals surface area contributed by atoms with Crippen molar-refractivity contribution in [2.24, 2.45) is 11.3 Å². The Balaban J connectivity index is 1.85. The Kier molecular flexibility index (Phi) is 3.36. The van der Waals surface area contributed by atoms with Crippen molar-refractivity contribution in [3.05, 3.63) is 0 Å². The second-order valence-corrected chi connectivity index (χ2v) is 6.29. The van der Waals surface area contributed by atoms with Crippen molar-refractivity contribution in [2.75, 3.05) is 13.1 Å². The molecule has 0 aromatic rings. The first-order valence-electron chi connectivity index (χ1n) is 6.41. The zero-order valence-electron chi connectivity index (χ0n) is 10.4. The molecule has 1 saturated heterocycles. The number of nitrogens with one attached hydrogen (secondary N) is 1. The molecule has 2 aliphatic rings. The van der Waals surface area contributed by atoms with E-state index in [9.17, 15) is 0 Å². The fraction of sp³-hybridized carbons (Fsp3) is 1.00. The lowest BCUT2D eigenvalue weighted by atomic mass is 9.71. The summed E-state index contributed by atoms with van der Waals surface area (Å²) < 4.78 is 6.20. The minimum Gasteiger partial charge on any atom is -0.374 e. The Bertz CT molecular complexity index is 209. The average Bonchev–Trinajstić information content (AvgIpc) is 2.52. The van der Waals surface area contributed by atoms with E-state index in [1.165, 1.54) is 25.7 Å². The summed E-state index contributed by atoms with van der Waals surface area (Å²) in [5, 5.41) is 3.37. The number of ether oxygens (including phenoxy) is 1. The summed E-state index contributed by atoms with van der Waals surface area (Å²) in [5.41, 5.74) is 0.481. The lowest BCUT2D eigenvalue weighted by Crippen LogP contribution is -2.35. The summed E-state index contributed by atoms with van der Waals surface area (Å²) >= 11 is 0. The van der Waals surface area contributed by atoms with Crippen LogP contribution in [0.5, 0.6) is 0 Å². The molecular weight excluding hydrogens is 186 g/mol. The van der Waals surface area contributed by atoms with E-state index in [0.29, 0.717) is 17.6 Å². The molecule has 1 saturated carbocycles. The highest BCUT2D eigenvalue weighted by atomic mass is 16.5. The van der Waals surface area contributed by atoms with Gasteiger partial charge in [-0.15, -0.1) is 0 Å². The van der Waals surface area contributed by atoms with E-state index in [0.717, 1.165) is 19.0 Å². The molecule has 2 rings (SSSR count). The van der Waals surface area contributed by atoms with Crippen molar-refractivity contribution in [1.29, 1.82) is 0 Å². The molecule has 1 aliphatic heterocycles. The van der Waals surface area contributed by atoms with Crippen LogP contribution >= 0.6 is 0 Å². The van der Waals surface area contributed by atoms with Crippen molar-refractivity contribution in [3.8, 4) is 0 Å². The molecule has 0 bridgehead atoms. The highest BCUT2D eigenvalue weighted by Crippen LogP contribution is 2.40. The van der Waals surface area contributed by atoms with E-state index in [1.54, 1.807) is 0 Å². The van der Waals surface area contributed by atoms with E-state index in [4.69, 9.17) is 4.74 Å². The maximum Gasteiger partial charge on any atom is 0.0715 e. The van der Waals surface area contributed by atoms with Gasteiger partial charge in [-0.2, -0.15) is 0 Å². The predicted molar refractivity (Wildman–Crippen MR) is 62.9 cm³/mol. The van der Waals surface area contributed by atoms with E-state index in [-0.39, 0.29) is 0 Å². The van der Waals surface area contributed by atoms with Gasteiger partial charge in [-0.05, 0) is 43.6 Å². The van der Waals surface area contributed by atoms with Crippen LogP contribution < -0.4 is 5.32 Å². The molecule has 0 aromatic carbocycles. The topological polar surface area (TPSA) is 21.3 Å². The standard InChI is InChI=1S/C13H25NO/c1-10-6-12(8-13(2,3)7-10)15-11-4-5-14-9-11/h10-12,14H,4-9H2,1-3H3/t10?,11-,12?/m1/s1. The predicted octanol–water partition coefficient (Wildman–Crippen LogP) is 2.58. The zero-order chi connectivity index (χ0) is 10.9. The molecule has 2 nitrogen and oxygen atoms in total. The van der Waals surface area contributed by atoms with Gasteiger partial charge in [0.2, 0.25) is 0 Å². The molecule has 0 aromatic heterocycles. The maximum atomic E-state index is 6.20. The quantitative estimate of drug-likeness (QED) is 0.758. The zero-order valence-corrected chi connectivity index (χ0v) is 10.4. The largest absolute Gasteiger partial charge is 0.374 e.